The lowest BCUT2D eigenvalue weighted by Gasteiger charge is -2.20. The third-order valence-electron chi connectivity index (χ3n) is 3.83. The maximum atomic E-state index is 12.7. The molecule has 1 aliphatic rings. The molecule has 2 N–H and O–H groups in total. The van der Waals surface area contributed by atoms with E-state index in [1.807, 2.05) is 16.3 Å². The number of nitrogens with one attached hydrogen (secondary N) is 2. The molecule has 8 heteroatoms. The number of hydrogen-bond donors (Lipinski definition) is 2. The molecule has 0 radical (unpaired) electrons. The number of carbonyl (C=O) groups excluding carboxylic acids is 2. The zero-order chi connectivity index (χ0) is 16.9. The summed E-state index contributed by atoms with van der Waals surface area (Å²) >= 11 is 7.53. The Morgan fingerprint density at radius 1 is 1.20 bits per heavy atom. The van der Waals surface area contributed by atoms with Crippen LogP contribution >= 0.6 is 35.3 Å². The standard InChI is InChI=1S/C17H18ClN3O2S.ClH/c18-13-5-4-12(17(23)21-8-2-6-19-7-9-21)11-14(13)20-16(22)15-3-1-10-24-15;/h1,3-5,10-11,19H,2,6-9H2,(H,20,22);1H. The SMILES string of the molecule is Cl.O=C(Nc1cc(C(=O)N2CCCNCC2)ccc1Cl)c1cccs1. The van der Waals surface area contributed by atoms with E-state index in [0.717, 1.165) is 26.1 Å². The minimum absolute atomic E-state index is 0. The van der Waals surface area contributed by atoms with Crippen LogP contribution in [0.4, 0.5) is 5.69 Å². The first kappa shape index (κ1) is 19.7. The van der Waals surface area contributed by atoms with E-state index >= 15 is 0 Å². The zero-order valence-corrected chi connectivity index (χ0v) is 15.8. The molecule has 1 saturated heterocycles. The van der Waals surface area contributed by atoms with Gasteiger partial charge in [-0.1, -0.05) is 17.7 Å². The number of anilines is 1. The first-order valence-corrected chi connectivity index (χ1v) is 9.05. The molecule has 0 spiro atoms. The highest BCUT2D eigenvalue weighted by molar-refractivity contribution is 7.12. The number of amides is 2. The summed E-state index contributed by atoms with van der Waals surface area (Å²) in [6.45, 7) is 3.12. The molecule has 0 saturated carbocycles. The third kappa shape index (κ3) is 4.95. The Labute approximate surface area is 161 Å². The van der Waals surface area contributed by atoms with Gasteiger partial charge in [0.1, 0.15) is 0 Å². The monoisotopic (exact) mass is 399 g/mol. The topological polar surface area (TPSA) is 61.4 Å². The molecule has 134 valence electrons. The van der Waals surface area contributed by atoms with E-state index < -0.39 is 0 Å². The first-order valence-electron chi connectivity index (χ1n) is 7.79. The van der Waals surface area contributed by atoms with Crippen LogP contribution in [0.5, 0.6) is 0 Å². The van der Waals surface area contributed by atoms with Crippen LogP contribution in [0.3, 0.4) is 0 Å². The Balaban J connectivity index is 0.00000225. The van der Waals surface area contributed by atoms with E-state index in [4.69, 9.17) is 11.6 Å². The van der Waals surface area contributed by atoms with Gasteiger partial charge >= 0.3 is 0 Å². The molecular weight excluding hydrogens is 381 g/mol. The maximum Gasteiger partial charge on any atom is 0.265 e. The molecule has 3 rings (SSSR count). The second-order valence-corrected chi connectivity index (χ2v) is 6.88. The van der Waals surface area contributed by atoms with Crippen LogP contribution in [0, 0.1) is 0 Å². The molecule has 2 heterocycles. The number of hydrogen-bond acceptors (Lipinski definition) is 4. The van der Waals surface area contributed by atoms with Crippen molar-refractivity contribution in [2.75, 3.05) is 31.5 Å². The summed E-state index contributed by atoms with van der Waals surface area (Å²) in [6.07, 6.45) is 0.932. The van der Waals surface area contributed by atoms with Crippen molar-refractivity contribution < 1.29 is 9.59 Å². The van der Waals surface area contributed by atoms with E-state index in [1.54, 1.807) is 24.3 Å². The number of halogens is 2. The smallest absolute Gasteiger partial charge is 0.265 e. The summed E-state index contributed by atoms with van der Waals surface area (Å²) in [4.78, 5) is 27.3. The van der Waals surface area contributed by atoms with Gasteiger partial charge in [0.05, 0.1) is 15.6 Å². The van der Waals surface area contributed by atoms with E-state index in [9.17, 15) is 9.59 Å². The minimum Gasteiger partial charge on any atom is -0.337 e. The summed E-state index contributed by atoms with van der Waals surface area (Å²) in [5.41, 5.74) is 0.983. The van der Waals surface area contributed by atoms with Gasteiger partial charge in [-0.25, -0.2) is 0 Å². The molecule has 1 fully saturated rings. The fraction of sp³-hybridized carbons (Fsp3) is 0.294. The maximum absolute atomic E-state index is 12.7. The fourth-order valence-electron chi connectivity index (χ4n) is 2.58. The van der Waals surface area contributed by atoms with Gasteiger partial charge in [0.15, 0.2) is 0 Å². The van der Waals surface area contributed by atoms with Gasteiger partial charge in [-0.3, -0.25) is 9.59 Å². The van der Waals surface area contributed by atoms with Crippen LogP contribution in [0.25, 0.3) is 0 Å². The second-order valence-electron chi connectivity index (χ2n) is 5.52. The minimum atomic E-state index is -0.226. The number of nitrogens with zero attached hydrogens (tertiary/aromatic N) is 1. The Morgan fingerprint density at radius 3 is 2.80 bits per heavy atom. The summed E-state index contributed by atoms with van der Waals surface area (Å²) in [7, 11) is 0. The van der Waals surface area contributed by atoms with Crippen LogP contribution in [-0.2, 0) is 0 Å². The molecule has 5 nitrogen and oxygen atoms in total. The Morgan fingerprint density at radius 2 is 2.04 bits per heavy atom. The van der Waals surface area contributed by atoms with Crippen molar-refractivity contribution in [1.29, 1.82) is 0 Å². The lowest BCUT2D eigenvalue weighted by atomic mass is 10.1. The van der Waals surface area contributed by atoms with Crippen molar-refractivity contribution in [3.8, 4) is 0 Å². The highest BCUT2D eigenvalue weighted by Crippen LogP contribution is 2.25. The molecule has 0 aliphatic carbocycles. The highest BCUT2D eigenvalue weighted by atomic mass is 35.5. The van der Waals surface area contributed by atoms with Crippen LogP contribution < -0.4 is 10.6 Å². The molecular formula is C17H19Cl2N3O2S. The van der Waals surface area contributed by atoms with E-state index in [-0.39, 0.29) is 24.2 Å². The van der Waals surface area contributed by atoms with Crippen molar-refractivity contribution in [3.63, 3.8) is 0 Å². The fourth-order valence-corrected chi connectivity index (χ4v) is 3.36. The Kier molecular flexibility index (Phi) is 7.25. The molecule has 2 aromatic rings. The second kappa shape index (κ2) is 9.20. The predicted octanol–water partition coefficient (Wildman–Crippen LogP) is 3.51. The number of rotatable bonds is 3. The summed E-state index contributed by atoms with van der Waals surface area (Å²) in [5.74, 6) is -0.266. The third-order valence-corrected chi connectivity index (χ3v) is 5.03. The first-order chi connectivity index (χ1) is 11.6. The van der Waals surface area contributed by atoms with Gasteiger partial charge in [-0.15, -0.1) is 23.7 Å². The number of carbonyl (C=O) groups is 2. The van der Waals surface area contributed by atoms with Gasteiger partial charge in [0.25, 0.3) is 11.8 Å². The van der Waals surface area contributed by atoms with Crippen molar-refractivity contribution in [3.05, 3.63) is 51.2 Å². The lowest BCUT2D eigenvalue weighted by Crippen LogP contribution is -2.34. The van der Waals surface area contributed by atoms with Crippen molar-refractivity contribution in [2.24, 2.45) is 0 Å². The lowest BCUT2D eigenvalue weighted by molar-refractivity contribution is 0.0766. The van der Waals surface area contributed by atoms with Crippen LogP contribution in [-0.4, -0.2) is 42.9 Å². The van der Waals surface area contributed by atoms with Crippen molar-refractivity contribution >= 4 is 52.8 Å². The van der Waals surface area contributed by atoms with Crippen molar-refractivity contribution in [2.45, 2.75) is 6.42 Å². The molecule has 0 bridgehead atoms. The van der Waals surface area contributed by atoms with Crippen LogP contribution in [0.2, 0.25) is 5.02 Å². The molecule has 25 heavy (non-hydrogen) atoms. The summed E-state index contributed by atoms with van der Waals surface area (Å²) in [5, 5.41) is 8.30. The van der Waals surface area contributed by atoms with E-state index in [1.165, 1.54) is 11.3 Å². The summed E-state index contributed by atoms with van der Waals surface area (Å²) < 4.78 is 0. The quantitative estimate of drug-likeness (QED) is 0.829. The van der Waals surface area contributed by atoms with Gasteiger partial charge in [0, 0.05) is 25.2 Å². The number of benzene rings is 1. The van der Waals surface area contributed by atoms with E-state index in [0.29, 0.717) is 27.7 Å². The van der Waals surface area contributed by atoms with E-state index in [2.05, 4.69) is 10.6 Å². The van der Waals surface area contributed by atoms with Gasteiger partial charge in [-0.2, -0.15) is 0 Å². The van der Waals surface area contributed by atoms with Crippen LogP contribution in [0.15, 0.2) is 35.7 Å². The molecule has 2 amide bonds. The number of thiophene rings is 1. The van der Waals surface area contributed by atoms with Gasteiger partial charge in [-0.05, 0) is 42.6 Å². The van der Waals surface area contributed by atoms with Gasteiger partial charge in [0.2, 0.25) is 0 Å². The summed E-state index contributed by atoms with van der Waals surface area (Å²) in [6, 6.07) is 8.55. The Hall–Kier alpha value is -1.60. The molecule has 1 aromatic heterocycles. The average Bonchev–Trinajstić information content (AvgIpc) is 2.99. The highest BCUT2D eigenvalue weighted by Gasteiger charge is 2.19. The molecule has 1 aromatic carbocycles. The Bertz CT molecular complexity index is 729. The molecule has 0 atom stereocenters. The molecule has 1 aliphatic heterocycles. The zero-order valence-electron chi connectivity index (χ0n) is 13.5. The predicted molar refractivity (Wildman–Crippen MR) is 104 cm³/mol. The van der Waals surface area contributed by atoms with Gasteiger partial charge < -0.3 is 15.5 Å². The average molecular weight is 400 g/mol. The largest absolute Gasteiger partial charge is 0.337 e. The van der Waals surface area contributed by atoms with Crippen molar-refractivity contribution in [1.82, 2.24) is 10.2 Å². The van der Waals surface area contributed by atoms with Crippen LogP contribution in [0.1, 0.15) is 26.5 Å². The normalized spacial score (nSPS) is 14.4. The molecule has 0 unspecified atom stereocenters.